The third-order valence-corrected chi connectivity index (χ3v) is 9.44. The van der Waals surface area contributed by atoms with E-state index < -0.39 is 45.2 Å². The van der Waals surface area contributed by atoms with Crippen LogP contribution in [-0.4, -0.2) is 62.4 Å². The Labute approximate surface area is 202 Å². The zero-order valence-electron chi connectivity index (χ0n) is 17.1. The van der Waals surface area contributed by atoms with Crippen LogP contribution in [0.2, 0.25) is 0 Å². The Kier molecular flexibility index (Phi) is 4.66. The highest BCUT2D eigenvalue weighted by molar-refractivity contribution is 9.10. The summed E-state index contributed by atoms with van der Waals surface area (Å²) in [6.07, 6.45) is 2.08. The van der Waals surface area contributed by atoms with Gasteiger partial charge >= 0.3 is 0 Å². The van der Waals surface area contributed by atoms with Crippen molar-refractivity contribution in [2.75, 3.05) is 14.1 Å². The number of aromatic hydroxyl groups is 1. The van der Waals surface area contributed by atoms with Gasteiger partial charge in [0, 0.05) is 30.0 Å². The van der Waals surface area contributed by atoms with Crippen LogP contribution >= 0.6 is 39.1 Å². The monoisotopic (exact) mass is 540 g/mol. The molecule has 4 aliphatic rings. The number of phenols is 1. The van der Waals surface area contributed by atoms with E-state index in [9.17, 15) is 24.3 Å². The minimum atomic E-state index is -1.90. The van der Waals surface area contributed by atoms with Gasteiger partial charge in [-0.1, -0.05) is 27.6 Å². The number of carbonyl (C=O) groups is 4. The van der Waals surface area contributed by atoms with Crippen LogP contribution in [-0.2, 0) is 19.2 Å². The molecule has 0 unspecified atom stereocenters. The SMILES string of the molecule is CN1C(=O)[C@H]2[C@H](CC=C3[C@H]2C[C@@]2(Cl)C(=O)N(C)C(=O)[C@@]2(Cl)[C@H]3c2cc(Br)ccc2O)C1=O. The molecule has 0 aromatic heterocycles. The first-order valence-electron chi connectivity index (χ1n) is 10.1. The highest BCUT2D eigenvalue weighted by Crippen LogP contribution is 2.65. The molecule has 0 bridgehead atoms. The van der Waals surface area contributed by atoms with E-state index >= 15 is 0 Å². The first-order valence-corrected chi connectivity index (χ1v) is 11.7. The number of hydrogen-bond donors (Lipinski definition) is 1. The second kappa shape index (κ2) is 6.81. The third-order valence-electron chi connectivity index (χ3n) is 7.54. The average Bonchev–Trinajstić information content (AvgIpc) is 3.05. The molecular formula is C22H19BrCl2N2O5. The van der Waals surface area contributed by atoms with Crippen LogP contribution in [0.4, 0.5) is 0 Å². The van der Waals surface area contributed by atoms with Crippen LogP contribution in [0, 0.1) is 17.8 Å². The van der Waals surface area contributed by atoms with Gasteiger partial charge in [-0.05, 0) is 37.0 Å². The fourth-order valence-electron chi connectivity index (χ4n) is 6.00. The summed E-state index contributed by atoms with van der Waals surface area (Å²) in [7, 11) is 2.78. The molecule has 0 spiro atoms. The maximum absolute atomic E-state index is 13.4. The minimum Gasteiger partial charge on any atom is -0.508 e. The number of carbonyl (C=O) groups excluding carboxylic acids is 4. The number of alkyl halides is 2. The quantitative estimate of drug-likeness (QED) is 0.335. The summed E-state index contributed by atoms with van der Waals surface area (Å²) in [5.74, 6) is -4.81. The molecule has 1 saturated carbocycles. The van der Waals surface area contributed by atoms with Crippen LogP contribution in [0.5, 0.6) is 5.75 Å². The second-order valence-corrected chi connectivity index (χ2v) is 11.1. The topological polar surface area (TPSA) is 95.0 Å². The molecule has 1 aromatic rings. The number of rotatable bonds is 1. The predicted octanol–water partition coefficient (Wildman–Crippen LogP) is 2.77. The Bertz CT molecular complexity index is 1160. The number of hydrogen-bond acceptors (Lipinski definition) is 5. The number of likely N-dealkylation sites (tertiary alicyclic amines) is 2. The zero-order valence-corrected chi connectivity index (χ0v) is 20.2. The summed E-state index contributed by atoms with van der Waals surface area (Å²) < 4.78 is 0.638. The van der Waals surface area contributed by atoms with Crippen molar-refractivity contribution in [1.82, 2.24) is 9.80 Å². The van der Waals surface area contributed by atoms with E-state index in [2.05, 4.69) is 15.9 Å². The van der Waals surface area contributed by atoms with Gasteiger partial charge in [0.1, 0.15) is 5.75 Å². The Morgan fingerprint density at radius 2 is 1.72 bits per heavy atom. The Morgan fingerprint density at radius 3 is 2.41 bits per heavy atom. The van der Waals surface area contributed by atoms with Crippen LogP contribution < -0.4 is 0 Å². The van der Waals surface area contributed by atoms with Crippen LogP contribution in [0.1, 0.15) is 24.3 Å². The van der Waals surface area contributed by atoms with Gasteiger partial charge in [-0.2, -0.15) is 0 Å². The molecule has 10 heteroatoms. The lowest BCUT2D eigenvalue weighted by atomic mass is 9.56. The summed E-state index contributed by atoms with van der Waals surface area (Å²) in [5, 5.41) is 10.7. The largest absolute Gasteiger partial charge is 0.508 e. The third kappa shape index (κ3) is 2.43. The predicted molar refractivity (Wildman–Crippen MR) is 119 cm³/mol. The standard InChI is InChI=1S/C22H19BrCl2N2O5/c1-26-17(29)11-5-4-10-13(15(11)18(26)30)8-21(24)19(31)27(2)20(32)22(21,25)16(10)12-7-9(23)3-6-14(12)28/h3-4,6-7,11,13,15-16,28H,5,8H2,1-2H3/t11-,13+,15-,16+,21+,22-/m0/s1. The van der Waals surface area contributed by atoms with Gasteiger partial charge in [-0.15, -0.1) is 23.2 Å². The molecule has 5 rings (SSSR count). The van der Waals surface area contributed by atoms with Crippen molar-refractivity contribution in [3.05, 3.63) is 39.9 Å². The van der Waals surface area contributed by atoms with Gasteiger partial charge in [0.25, 0.3) is 11.8 Å². The highest BCUT2D eigenvalue weighted by atomic mass is 79.9. The van der Waals surface area contributed by atoms with Crippen molar-refractivity contribution in [2.45, 2.75) is 28.5 Å². The van der Waals surface area contributed by atoms with Crippen molar-refractivity contribution < 1.29 is 24.3 Å². The molecule has 2 aliphatic heterocycles. The van der Waals surface area contributed by atoms with E-state index in [1.807, 2.05) is 6.08 Å². The number of allylic oxidation sites excluding steroid dienone is 2. The minimum absolute atomic E-state index is 0.0574. The van der Waals surface area contributed by atoms with Gasteiger partial charge in [-0.25, -0.2) is 0 Å². The molecule has 168 valence electrons. The fourth-order valence-corrected chi connectivity index (χ4v) is 7.39. The van der Waals surface area contributed by atoms with Crippen molar-refractivity contribution in [3.63, 3.8) is 0 Å². The zero-order chi connectivity index (χ0) is 23.3. The Morgan fingerprint density at radius 1 is 1.03 bits per heavy atom. The number of imide groups is 2. The molecule has 7 nitrogen and oxygen atoms in total. The second-order valence-electron chi connectivity index (χ2n) is 8.94. The fraction of sp³-hybridized carbons (Fsp3) is 0.455. The van der Waals surface area contributed by atoms with Gasteiger partial charge in [0.2, 0.25) is 11.8 Å². The van der Waals surface area contributed by atoms with Crippen molar-refractivity contribution in [3.8, 4) is 5.75 Å². The van der Waals surface area contributed by atoms with Crippen LogP contribution in [0.3, 0.4) is 0 Å². The summed E-state index contributed by atoms with van der Waals surface area (Å²) in [5.41, 5.74) is 0.981. The summed E-state index contributed by atoms with van der Waals surface area (Å²) in [4.78, 5) is 50.6. The van der Waals surface area contributed by atoms with Crippen LogP contribution in [0.25, 0.3) is 0 Å². The molecule has 1 N–H and O–H groups in total. The summed E-state index contributed by atoms with van der Waals surface area (Å²) in [6, 6.07) is 4.75. The van der Waals surface area contributed by atoms with E-state index in [1.165, 1.54) is 20.2 Å². The lowest BCUT2D eigenvalue weighted by Gasteiger charge is -2.50. The lowest BCUT2D eigenvalue weighted by molar-refractivity contribution is -0.140. The number of fused-ring (bicyclic) bond motifs is 4. The summed E-state index contributed by atoms with van der Waals surface area (Å²) >= 11 is 17.4. The van der Waals surface area contributed by atoms with Gasteiger partial charge in [-0.3, -0.25) is 29.0 Å². The van der Waals surface area contributed by atoms with E-state index in [1.54, 1.807) is 12.1 Å². The molecule has 1 aromatic carbocycles. The normalized spacial score (nSPS) is 38.6. The molecule has 2 saturated heterocycles. The highest BCUT2D eigenvalue weighted by Gasteiger charge is 2.76. The maximum Gasteiger partial charge on any atom is 0.253 e. The van der Waals surface area contributed by atoms with E-state index in [0.717, 1.165) is 9.80 Å². The smallest absolute Gasteiger partial charge is 0.253 e. The Hall–Kier alpha value is -1.90. The number of nitrogens with zero attached hydrogens (tertiary/aromatic N) is 2. The molecule has 32 heavy (non-hydrogen) atoms. The molecule has 2 heterocycles. The number of halogens is 3. The maximum atomic E-state index is 13.4. The molecule has 6 atom stereocenters. The number of benzene rings is 1. The molecule has 3 fully saturated rings. The van der Waals surface area contributed by atoms with E-state index in [4.69, 9.17) is 23.2 Å². The summed E-state index contributed by atoms with van der Waals surface area (Å²) in [6.45, 7) is 0. The van der Waals surface area contributed by atoms with Gasteiger partial charge < -0.3 is 5.11 Å². The number of amides is 4. The molecule has 0 radical (unpaired) electrons. The molecule has 2 aliphatic carbocycles. The first-order chi connectivity index (χ1) is 14.9. The van der Waals surface area contributed by atoms with Crippen molar-refractivity contribution >= 4 is 62.8 Å². The van der Waals surface area contributed by atoms with Gasteiger partial charge in [0.15, 0.2) is 9.75 Å². The van der Waals surface area contributed by atoms with Crippen LogP contribution in [0.15, 0.2) is 34.3 Å². The van der Waals surface area contributed by atoms with Gasteiger partial charge in [0.05, 0.1) is 11.8 Å². The lowest BCUT2D eigenvalue weighted by Crippen LogP contribution is -2.60. The molecule has 4 amide bonds. The number of phenolic OH excluding ortho intramolecular Hbond substituents is 1. The van der Waals surface area contributed by atoms with Crippen molar-refractivity contribution in [1.29, 1.82) is 0 Å². The van der Waals surface area contributed by atoms with Crippen molar-refractivity contribution in [2.24, 2.45) is 17.8 Å². The molecular weight excluding hydrogens is 523 g/mol. The Balaban J connectivity index is 1.78. The van der Waals surface area contributed by atoms with E-state index in [-0.39, 0.29) is 24.0 Å². The van der Waals surface area contributed by atoms with E-state index in [0.29, 0.717) is 22.0 Å². The first kappa shape index (κ1) is 21.9. The average molecular weight is 542 g/mol.